The molecule has 0 aliphatic carbocycles. The number of benzene rings is 2. The van der Waals surface area contributed by atoms with Crippen molar-refractivity contribution in [3.63, 3.8) is 0 Å². The monoisotopic (exact) mass is 349 g/mol. The Morgan fingerprint density at radius 1 is 1.08 bits per heavy atom. The number of H-pyrrole nitrogens is 1. The summed E-state index contributed by atoms with van der Waals surface area (Å²) in [4.78, 5) is 0. The first-order valence-corrected chi connectivity index (χ1v) is 8.88. The van der Waals surface area contributed by atoms with Gasteiger partial charge in [-0.2, -0.15) is 5.10 Å². The van der Waals surface area contributed by atoms with Gasteiger partial charge in [-0.3, -0.25) is 5.10 Å². The van der Waals surface area contributed by atoms with Crippen molar-refractivity contribution in [1.82, 2.24) is 15.5 Å². The minimum atomic E-state index is 0.500. The third-order valence-electron chi connectivity index (χ3n) is 4.76. The van der Waals surface area contributed by atoms with Crippen LogP contribution in [0.3, 0.4) is 0 Å². The van der Waals surface area contributed by atoms with Gasteiger partial charge in [-0.25, -0.2) is 0 Å². The van der Waals surface area contributed by atoms with Crippen molar-refractivity contribution >= 4 is 0 Å². The van der Waals surface area contributed by atoms with Crippen LogP contribution in [-0.2, 0) is 19.6 Å². The standard InChI is InChI=1S/C21H23N3O2/c1-14-3-5-15(6-4-14)13-26-20-11-16(7-8-19(20)25-2)21-17-12-22-10-9-18(17)23-24-21/h3-8,11,22H,9-10,12-13H2,1-2H3,(H,23,24). The van der Waals surface area contributed by atoms with E-state index >= 15 is 0 Å². The highest BCUT2D eigenvalue weighted by atomic mass is 16.5. The van der Waals surface area contributed by atoms with Gasteiger partial charge in [0.05, 0.1) is 12.8 Å². The minimum Gasteiger partial charge on any atom is -0.493 e. The predicted octanol–water partition coefficient (Wildman–Crippen LogP) is 3.62. The van der Waals surface area contributed by atoms with Gasteiger partial charge in [0.2, 0.25) is 0 Å². The Hall–Kier alpha value is -2.79. The number of hydrogen-bond donors (Lipinski definition) is 2. The Bertz CT molecular complexity index is 900. The third-order valence-corrected chi connectivity index (χ3v) is 4.76. The molecule has 0 amide bonds. The fourth-order valence-electron chi connectivity index (χ4n) is 3.25. The molecule has 1 aliphatic rings. The SMILES string of the molecule is COc1ccc(-c2n[nH]c3c2CNCC3)cc1OCc1ccc(C)cc1. The molecule has 0 saturated heterocycles. The molecular weight excluding hydrogens is 326 g/mol. The van der Waals surface area contributed by atoms with Gasteiger partial charge >= 0.3 is 0 Å². The first-order valence-electron chi connectivity index (χ1n) is 8.88. The van der Waals surface area contributed by atoms with Crippen LogP contribution in [0.15, 0.2) is 42.5 Å². The van der Waals surface area contributed by atoms with Crippen molar-refractivity contribution in [2.45, 2.75) is 26.5 Å². The average Bonchev–Trinajstić information content (AvgIpc) is 3.11. The average molecular weight is 349 g/mol. The van der Waals surface area contributed by atoms with Crippen molar-refractivity contribution in [3.8, 4) is 22.8 Å². The summed E-state index contributed by atoms with van der Waals surface area (Å²) in [5.41, 5.74) is 6.85. The predicted molar refractivity (Wildman–Crippen MR) is 101 cm³/mol. The Labute approximate surface area is 153 Å². The van der Waals surface area contributed by atoms with Crippen molar-refractivity contribution in [3.05, 3.63) is 64.8 Å². The van der Waals surface area contributed by atoms with Gasteiger partial charge in [-0.05, 0) is 30.7 Å². The molecule has 0 fully saturated rings. The van der Waals surface area contributed by atoms with Crippen molar-refractivity contribution in [1.29, 1.82) is 0 Å². The van der Waals surface area contributed by atoms with E-state index in [1.54, 1.807) is 7.11 Å². The van der Waals surface area contributed by atoms with Crippen LogP contribution in [0.2, 0.25) is 0 Å². The highest BCUT2D eigenvalue weighted by Crippen LogP contribution is 2.34. The number of nitrogens with zero attached hydrogens (tertiary/aromatic N) is 1. The minimum absolute atomic E-state index is 0.500. The van der Waals surface area contributed by atoms with Gasteiger partial charge in [-0.15, -0.1) is 0 Å². The lowest BCUT2D eigenvalue weighted by Crippen LogP contribution is -2.23. The first kappa shape index (κ1) is 16.7. The second-order valence-electron chi connectivity index (χ2n) is 6.60. The number of aromatic amines is 1. The topological polar surface area (TPSA) is 59.2 Å². The third kappa shape index (κ3) is 3.30. The lowest BCUT2D eigenvalue weighted by Gasteiger charge is -2.15. The summed E-state index contributed by atoms with van der Waals surface area (Å²) in [5, 5.41) is 11.1. The summed E-state index contributed by atoms with van der Waals surface area (Å²) in [6.07, 6.45) is 0.981. The van der Waals surface area contributed by atoms with E-state index in [0.29, 0.717) is 6.61 Å². The summed E-state index contributed by atoms with van der Waals surface area (Å²) in [7, 11) is 1.66. The largest absolute Gasteiger partial charge is 0.493 e. The van der Waals surface area contributed by atoms with E-state index < -0.39 is 0 Å². The zero-order valence-electron chi connectivity index (χ0n) is 15.1. The molecule has 0 bridgehead atoms. The van der Waals surface area contributed by atoms with Crippen molar-refractivity contribution in [2.75, 3.05) is 13.7 Å². The molecule has 2 N–H and O–H groups in total. The zero-order chi connectivity index (χ0) is 17.9. The Morgan fingerprint density at radius 2 is 1.92 bits per heavy atom. The lowest BCUT2D eigenvalue weighted by atomic mass is 10.0. The molecule has 134 valence electrons. The molecule has 5 nitrogen and oxygen atoms in total. The number of hydrogen-bond acceptors (Lipinski definition) is 4. The van der Waals surface area contributed by atoms with E-state index in [-0.39, 0.29) is 0 Å². The van der Waals surface area contributed by atoms with Crippen LogP contribution in [0, 0.1) is 6.92 Å². The summed E-state index contributed by atoms with van der Waals surface area (Å²) in [6, 6.07) is 14.3. The highest BCUT2D eigenvalue weighted by Gasteiger charge is 2.19. The Balaban J connectivity index is 1.61. The maximum Gasteiger partial charge on any atom is 0.162 e. The van der Waals surface area contributed by atoms with Crippen LogP contribution >= 0.6 is 0 Å². The molecule has 0 saturated carbocycles. The summed E-state index contributed by atoms with van der Waals surface area (Å²) in [6.45, 7) is 4.41. The molecular formula is C21H23N3O2. The molecule has 0 atom stereocenters. The molecule has 0 radical (unpaired) electrons. The summed E-state index contributed by atoms with van der Waals surface area (Å²) < 4.78 is 11.5. The lowest BCUT2D eigenvalue weighted by molar-refractivity contribution is 0.284. The second kappa shape index (κ2) is 7.22. The molecule has 26 heavy (non-hydrogen) atoms. The highest BCUT2D eigenvalue weighted by molar-refractivity contribution is 5.68. The zero-order valence-corrected chi connectivity index (χ0v) is 15.1. The number of fused-ring (bicyclic) bond motifs is 1. The van der Waals surface area contributed by atoms with E-state index in [0.717, 1.165) is 47.8 Å². The second-order valence-corrected chi connectivity index (χ2v) is 6.60. The Kier molecular flexibility index (Phi) is 4.63. The van der Waals surface area contributed by atoms with E-state index in [1.807, 2.05) is 18.2 Å². The van der Waals surface area contributed by atoms with Gasteiger partial charge < -0.3 is 14.8 Å². The number of methoxy groups -OCH3 is 1. The number of ether oxygens (including phenoxy) is 2. The van der Waals surface area contributed by atoms with Crippen LogP contribution < -0.4 is 14.8 Å². The quantitative estimate of drug-likeness (QED) is 0.739. The van der Waals surface area contributed by atoms with Crippen molar-refractivity contribution < 1.29 is 9.47 Å². The smallest absolute Gasteiger partial charge is 0.162 e. The number of aromatic nitrogens is 2. The fraction of sp³-hybridized carbons (Fsp3) is 0.286. The van der Waals surface area contributed by atoms with Crippen LogP contribution in [0.5, 0.6) is 11.5 Å². The molecule has 1 aliphatic heterocycles. The number of rotatable bonds is 5. The van der Waals surface area contributed by atoms with Gasteiger partial charge in [0, 0.05) is 36.3 Å². The van der Waals surface area contributed by atoms with E-state index in [9.17, 15) is 0 Å². The van der Waals surface area contributed by atoms with E-state index in [4.69, 9.17) is 9.47 Å². The van der Waals surface area contributed by atoms with Crippen molar-refractivity contribution in [2.24, 2.45) is 0 Å². The number of nitrogens with one attached hydrogen (secondary N) is 2. The van der Waals surface area contributed by atoms with Gasteiger partial charge in [0.25, 0.3) is 0 Å². The van der Waals surface area contributed by atoms with Crippen LogP contribution in [-0.4, -0.2) is 23.9 Å². The van der Waals surface area contributed by atoms with Crippen LogP contribution in [0.25, 0.3) is 11.3 Å². The normalized spacial score (nSPS) is 13.3. The molecule has 4 rings (SSSR count). The summed E-state index contributed by atoms with van der Waals surface area (Å²) in [5.74, 6) is 1.45. The van der Waals surface area contributed by atoms with Gasteiger partial charge in [-0.1, -0.05) is 29.8 Å². The van der Waals surface area contributed by atoms with E-state index in [2.05, 4.69) is 46.7 Å². The van der Waals surface area contributed by atoms with Crippen LogP contribution in [0.4, 0.5) is 0 Å². The molecule has 0 spiro atoms. The molecule has 3 aromatic rings. The summed E-state index contributed by atoms with van der Waals surface area (Å²) >= 11 is 0. The molecule has 2 heterocycles. The number of aryl methyl sites for hydroxylation is 1. The van der Waals surface area contributed by atoms with Crippen LogP contribution in [0.1, 0.15) is 22.4 Å². The first-order chi connectivity index (χ1) is 12.7. The molecule has 0 unspecified atom stereocenters. The molecule has 2 aromatic carbocycles. The van der Waals surface area contributed by atoms with E-state index in [1.165, 1.54) is 16.8 Å². The Morgan fingerprint density at radius 3 is 2.73 bits per heavy atom. The molecule has 1 aromatic heterocycles. The maximum atomic E-state index is 6.06. The maximum absolute atomic E-state index is 6.06. The van der Waals surface area contributed by atoms with Gasteiger partial charge in [0.15, 0.2) is 11.5 Å². The molecule has 5 heteroatoms. The van der Waals surface area contributed by atoms with Gasteiger partial charge in [0.1, 0.15) is 6.61 Å². The fourth-order valence-corrected chi connectivity index (χ4v) is 3.25.